The van der Waals surface area contributed by atoms with Gasteiger partial charge in [-0.05, 0) is 49.4 Å². The van der Waals surface area contributed by atoms with Crippen molar-refractivity contribution in [3.8, 4) is 0 Å². The van der Waals surface area contributed by atoms with E-state index in [1.165, 1.54) is 0 Å². The summed E-state index contributed by atoms with van der Waals surface area (Å²) < 4.78 is 31.7. The summed E-state index contributed by atoms with van der Waals surface area (Å²) in [7, 11) is 0. The van der Waals surface area contributed by atoms with Gasteiger partial charge >= 0.3 is 12.1 Å². The fraction of sp³-hybridized carbons (Fsp3) is 0.200. The Bertz CT molecular complexity index is 911. The molecule has 0 spiro atoms. The van der Waals surface area contributed by atoms with Crippen molar-refractivity contribution in [2.75, 3.05) is 18.4 Å². The van der Waals surface area contributed by atoms with Gasteiger partial charge in [0.05, 0.1) is 11.4 Å². The summed E-state index contributed by atoms with van der Waals surface area (Å²) in [5, 5.41) is 21.6. The number of azo groups is 1. The molecule has 0 aromatic heterocycles. The molecular formula is C20H19F3N4O3. The van der Waals surface area contributed by atoms with Crippen LogP contribution in [0.15, 0.2) is 76.5 Å². The Morgan fingerprint density at radius 3 is 2.03 bits per heavy atom. The van der Waals surface area contributed by atoms with Crippen molar-refractivity contribution < 1.29 is 27.9 Å². The predicted octanol–water partition coefficient (Wildman–Crippen LogP) is 4.59. The number of carboxylic acid groups (broad SMARTS) is 1. The molecule has 1 amide bonds. The summed E-state index contributed by atoms with van der Waals surface area (Å²) in [5.74, 6) is -2.79. The second kappa shape index (κ2) is 10.9. The van der Waals surface area contributed by atoms with E-state index in [4.69, 9.17) is 9.90 Å². The molecule has 0 atom stereocenters. The average molecular weight is 420 g/mol. The number of nitrogens with zero attached hydrogens (tertiary/aromatic N) is 2. The minimum absolute atomic E-state index is 0.0369. The van der Waals surface area contributed by atoms with E-state index in [9.17, 15) is 18.0 Å². The van der Waals surface area contributed by atoms with Crippen molar-refractivity contribution >= 4 is 28.9 Å². The van der Waals surface area contributed by atoms with Crippen LogP contribution in [0.1, 0.15) is 6.42 Å². The number of nitrogens with one attached hydrogen (secondary N) is 2. The molecule has 0 bridgehead atoms. The van der Waals surface area contributed by atoms with Crippen molar-refractivity contribution in [2.24, 2.45) is 10.2 Å². The summed E-state index contributed by atoms with van der Waals surface area (Å²) >= 11 is 0. The number of hydrogen-bond acceptors (Lipinski definition) is 5. The van der Waals surface area contributed by atoms with Crippen LogP contribution in [0.25, 0.3) is 0 Å². The largest absolute Gasteiger partial charge is 0.490 e. The number of alkyl halides is 3. The Balaban J connectivity index is 0.000000396. The maximum atomic E-state index is 12.1. The Labute approximate surface area is 170 Å². The topological polar surface area (TPSA) is 103 Å². The first-order valence-electron chi connectivity index (χ1n) is 8.84. The van der Waals surface area contributed by atoms with Crippen LogP contribution in [-0.2, 0) is 9.59 Å². The molecule has 1 aliphatic heterocycles. The van der Waals surface area contributed by atoms with Crippen LogP contribution in [0.3, 0.4) is 0 Å². The van der Waals surface area contributed by atoms with Crippen LogP contribution in [0.4, 0.5) is 30.2 Å². The van der Waals surface area contributed by atoms with Gasteiger partial charge in [0, 0.05) is 17.8 Å². The Kier molecular flexibility index (Phi) is 8.24. The van der Waals surface area contributed by atoms with E-state index in [-0.39, 0.29) is 5.91 Å². The normalized spacial score (nSPS) is 13.8. The molecule has 10 heteroatoms. The number of hydrogen-bond donors (Lipinski definition) is 3. The van der Waals surface area contributed by atoms with E-state index in [1.54, 1.807) is 0 Å². The SMILES string of the molecule is O=C(Nc1ccc(N=Nc2ccccc2)cc1)C1=CCNCC1.O=C(O)C(F)(F)F. The van der Waals surface area contributed by atoms with Crippen molar-refractivity contribution in [1.82, 2.24) is 5.32 Å². The third kappa shape index (κ3) is 7.84. The summed E-state index contributed by atoms with van der Waals surface area (Å²) in [6, 6.07) is 16.9. The zero-order chi connectivity index (χ0) is 22.0. The average Bonchev–Trinajstić information content (AvgIpc) is 2.74. The lowest BCUT2D eigenvalue weighted by Crippen LogP contribution is -2.26. The van der Waals surface area contributed by atoms with E-state index in [2.05, 4.69) is 20.9 Å². The molecule has 0 aliphatic carbocycles. The molecule has 0 unspecified atom stereocenters. The van der Waals surface area contributed by atoms with Crippen LogP contribution >= 0.6 is 0 Å². The van der Waals surface area contributed by atoms with Crippen LogP contribution in [0.5, 0.6) is 0 Å². The molecule has 0 radical (unpaired) electrons. The zero-order valence-electron chi connectivity index (χ0n) is 15.7. The highest BCUT2D eigenvalue weighted by Gasteiger charge is 2.38. The molecule has 3 rings (SSSR count). The van der Waals surface area contributed by atoms with Crippen LogP contribution in [0.2, 0.25) is 0 Å². The monoisotopic (exact) mass is 420 g/mol. The van der Waals surface area contributed by atoms with Crippen molar-refractivity contribution in [3.05, 3.63) is 66.2 Å². The third-order valence-corrected chi connectivity index (χ3v) is 3.76. The fourth-order valence-corrected chi connectivity index (χ4v) is 2.26. The minimum atomic E-state index is -5.08. The Morgan fingerprint density at radius 1 is 0.967 bits per heavy atom. The maximum Gasteiger partial charge on any atom is 0.490 e. The van der Waals surface area contributed by atoms with E-state index in [1.807, 2.05) is 60.7 Å². The van der Waals surface area contributed by atoms with Gasteiger partial charge in [-0.25, -0.2) is 4.79 Å². The summed E-state index contributed by atoms with van der Waals surface area (Å²) in [4.78, 5) is 21.0. The van der Waals surface area contributed by atoms with Gasteiger partial charge in [-0.15, -0.1) is 0 Å². The second-order valence-corrected chi connectivity index (χ2v) is 6.02. The molecule has 158 valence electrons. The van der Waals surface area contributed by atoms with Gasteiger partial charge in [0.15, 0.2) is 0 Å². The molecule has 30 heavy (non-hydrogen) atoms. The maximum absolute atomic E-state index is 12.1. The molecule has 3 N–H and O–H groups in total. The first kappa shape index (κ1) is 22.8. The molecule has 2 aromatic rings. The number of carbonyl (C=O) groups excluding carboxylic acids is 1. The molecule has 0 saturated heterocycles. The Hall–Kier alpha value is -3.53. The lowest BCUT2D eigenvalue weighted by molar-refractivity contribution is -0.192. The number of benzene rings is 2. The van der Waals surface area contributed by atoms with Crippen LogP contribution in [-0.4, -0.2) is 36.2 Å². The van der Waals surface area contributed by atoms with Crippen molar-refractivity contribution in [2.45, 2.75) is 12.6 Å². The molecule has 2 aromatic carbocycles. The molecule has 1 aliphatic rings. The molecule has 0 saturated carbocycles. The highest BCUT2D eigenvalue weighted by atomic mass is 19.4. The number of aliphatic carboxylic acids is 1. The predicted molar refractivity (Wildman–Crippen MR) is 105 cm³/mol. The van der Waals surface area contributed by atoms with Gasteiger partial charge in [0.1, 0.15) is 0 Å². The van der Waals surface area contributed by atoms with Crippen LogP contribution < -0.4 is 10.6 Å². The highest BCUT2D eigenvalue weighted by Crippen LogP contribution is 2.20. The number of carbonyl (C=O) groups is 2. The quantitative estimate of drug-likeness (QED) is 0.629. The third-order valence-electron chi connectivity index (χ3n) is 3.76. The summed E-state index contributed by atoms with van der Waals surface area (Å²) in [6.45, 7) is 1.60. The molecule has 0 fully saturated rings. The Morgan fingerprint density at radius 2 is 1.53 bits per heavy atom. The summed E-state index contributed by atoms with van der Waals surface area (Å²) in [6.07, 6.45) is -2.39. The van der Waals surface area contributed by atoms with Gasteiger partial charge in [0.25, 0.3) is 5.91 Å². The first-order valence-corrected chi connectivity index (χ1v) is 8.84. The van der Waals surface area contributed by atoms with Gasteiger partial charge in [-0.1, -0.05) is 24.3 Å². The highest BCUT2D eigenvalue weighted by molar-refractivity contribution is 6.03. The van der Waals surface area contributed by atoms with Gasteiger partial charge in [-0.3, -0.25) is 4.79 Å². The number of carboxylic acids is 1. The fourth-order valence-electron chi connectivity index (χ4n) is 2.26. The lowest BCUT2D eigenvalue weighted by Gasteiger charge is -2.13. The van der Waals surface area contributed by atoms with E-state index in [0.29, 0.717) is 0 Å². The standard InChI is InChI=1S/C18H18N4O.C2HF3O2/c23-18(14-10-12-19-13-11-14)20-15-6-8-17(9-7-15)22-21-16-4-2-1-3-5-16;3-2(4,5)1(6)7/h1-10,19H,11-13H2,(H,20,23);(H,6,7). The lowest BCUT2D eigenvalue weighted by atomic mass is 10.1. The first-order chi connectivity index (χ1) is 14.3. The van der Waals surface area contributed by atoms with E-state index in [0.717, 1.165) is 42.1 Å². The minimum Gasteiger partial charge on any atom is -0.475 e. The molecular weight excluding hydrogens is 401 g/mol. The number of anilines is 1. The summed E-state index contributed by atoms with van der Waals surface area (Å²) in [5.41, 5.74) is 3.14. The van der Waals surface area contributed by atoms with E-state index < -0.39 is 12.1 Å². The number of halogens is 3. The van der Waals surface area contributed by atoms with Gasteiger partial charge < -0.3 is 15.7 Å². The smallest absolute Gasteiger partial charge is 0.475 e. The second-order valence-electron chi connectivity index (χ2n) is 6.02. The van der Waals surface area contributed by atoms with Gasteiger partial charge in [0.2, 0.25) is 0 Å². The van der Waals surface area contributed by atoms with Crippen LogP contribution in [0, 0.1) is 0 Å². The van der Waals surface area contributed by atoms with Gasteiger partial charge in [-0.2, -0.15) is 23.4 Å². The zero-order valence-corrected chi connectivity index (χ0v) is 15.7. The van der Waals surface area contributed by atoms with Crippen molar-refractivity contribution in [1.29, 1.82) is 0 Å². The van der Waals surface area contributed by atoms with Crippen molar-refractivity contribution in [3.63, 3.8) is 0 Å². The van der Waals surface area contributed by atoms with E-state index >= 15 is 0 Å². The number of amides is 1. The molecule has 1 heterocycles. The number of rotatable bonds is 4. The molecule has 7 nitrogen and oxygen atoms in total.